The van der Waals surface area contributed by atoms with Gasteiger partial charge in [0, 0.05) is 37.6 Å². The Kier molecular flexibility index (Phi) is 5.62. The summed E-state index contributed by atoms with van der Waals surface area (Å²) in [6, 6.07) is 11.1. The van der Waals surface area contributed by atoms with Crippen LogP contribution in [0.2, 0.25) is 0 Å². The van der Waals surface area contributed by atoms with Crippen LogP contribution in [0.3, 0.4) is 0 Å². The minimum atomic E-state index is -1.15. The number of urea groups is 1. The highest BCUT2D eigenvalue weighted by molar-refractivity contribution is 7.09. The van der Waals surface area contributed by atoms with E-state index in [9.17, 15) is 14.4 Å². The van der Waals surface area contributed by atoms with Gasteiger partial charge >= 0.3 is 6.03 Å². The molecule has 4 amide bonds. The maximum Gasteiger partial charge on any atom is 0.325 e. The van der Waals surface area contributed by atoms with E-state index in [1.54, 1.807) is 23.2 Å². The number of aryl methyl sites for hydroxylation is 1. The van der Waals surface area contributed by atoms with Gasteiger partial charge in [0.05, 0.1) is 0 Å². The summed E-state index contributed by atoms with van der Waals surface area (Å²) >= 11 is 1.73. The van der Waals surface area contributed by atoms with E-state index >= 15 is 0 Å². The molecule has 2 aromatic rings. The van der Waals surface area contributed by atoms with Crippen LogP contribution in [0.5, 0.6) is 0 Å². The molecule has 0 saturated carbocycles. The first-order chi connectivity index (χ1) is 14.4. The summed E-state index contributed by atoms with van der Waals surface area (Å²) in [5.41, 5.74) is 0.520. The van der Waals surface area contributed by atoms with E-state index in [-0.39, 0.29) is 18.4 Å². The van der Waals surface area contributed by atoms with Crippen molar-refractivity contribution in [2.24, 2.45) is 0 Å². The number of piperazine rings is 1. The molecule has 7 nitrogen and oxygen atoms in total. The number of imide groups is 1. The second-order valence-electron chi connectivity index (χ2n) is 8.00. The summed E-state index contributed by atoms with van der Waals surface area (Å²) in [5.74, 6) is -0.574. The quantitative estimate of drug-likeness (QED) is 0.744. The Morgan fingerprint density at radius 2 is 1.83 bits per heavy atom. The summed E-state index contributed by atoms with van der Waals surface area (Å²) in [7, 11) is 0. The fourth-order valence-corrected chi connectivity index (χ4v) is 4.92. The molecule has 1 N–H and O–H groups in total. The highest BCUT2D eigenvalue weighted by atomic mass is 32.1. The first-order valence-electron chi connectivity index (χ1n) is 10.1. The van der Waals surface area contributed by atoms with Gasteiger partial charge in [0.25, 0.3) is 5.91 Å². The molecule has 2 aliphatic rings. The average Bonchev–Trinajstić information content (AvgIpc) is 3.31. The number of benzene rings is 1. The third-order valence-electron chi connectivity index (χ3n) is 5.94. The topological polar surface area (TPSA) is 73.0 Å². The summed E-state index contributed by atoms with van der Waals surface area (Å²) < 4.78 is 0. The van der Waals surface area contributed by atoms with Crippen molar-refractivity contribution < 1.29 is 14.4 Å². The van der Waals surface area contributed by atoms with Crippen molar-refractivity contribution in [1.29, 1.82) is 0 Å². The SMILES string of the molecule is Cc1ccccc1C1(C)NC(=O)N(CC(=O)N2CCN(Cc3cccs3)CC2)C1=O. The van der Waals surface area contributed by atoms with Crippen LogP contribution in [0.15, 0.2) is 41.8 Å². The molecule has 2 fully saturated rings. The van der Waals surface area contributed by atoms with Gasteiger partial charge in [-0.15, -0.1) is 11.3 Å². The summed E-state index contributed by atoms with van der Waals surface area (Å²) in [4.78, 5) is 44.9. The number of rotatable bonds is 5. The monoisotopic (exact) mass is 426 g/mol. The molecular weight excluding hydrogens is 400 g/mol. The van der Waals surface area contributed by atoms with Crippen molar-refractivity contribution >= 4 is 29.2 Å². The Morgan fingerprint density at radius 1 is 1.10 bits per heavy atom. The highest BCUT2D eigenvalue weighted by Crippen LogP contribution is 2.30. The predicted molar refractivity (Wildman–Crippen MR) is 115 cm³/mol. The summed E-state index contributed by atoms with van der Waals surface area (Å²) in [6.07, 6.45) is 0. The zero-order valence-electron chi connectivity index (χ0n) is 17.3. The van der Waals surface area contributed by atoms with Crippen LogP contribution in [-0.2, 0) is 21.7 Å². The van der Waals surface area contributed by atoms with Crippen molar-refractivity contribution in [2.75, 3.05) is 32.7 Å². The summed E-state index contributed by atoms with van der Waals surface area (Å²) in [5, 5.41) is 4.85. The average molecular weight is 427 g/mol. The molecule has 8 heteroatoms. The van der Waals surface area contributed by atoms with E-state index in [2.05, 4.69) is 21.7 Å². The maximum absolute atomic E-state index is 13.1. The Balaban J connectivity index is 1.37. The van der Waals surface area contributed by atoms with Crippen molar-refractivity contribution in [2.45, 2.75) is 25.9 Å². The van der Waals surface area contributed by atoms with Gasteiger partial charge < -0.3 is 10.2 Å². The normalized spacial score (nSPS) is 22.5. The molecule has 4 rings (SSSR count). The van der Waals surface area contributed by atoms with Gasteiger partial charge in [0.1, 0.15) is 12.1 Å². The molecule has 0 radical (unpaired) electrons. The molecule has 2 saturated heterocycles. The van der Waals surface area contributed by atoms with Crippen molar-refractivity contribution in [1.82, 2.24) is 20.0 Å². The molecule has 0 spiro atoms. The molecule has 30 heavy (non-hydrogen) atoms. The first-order valence-corrected chi connectivity index (χ1v) is 11.0. The van der Waals surface area contributed by atoms with E-state index in [0.29, 0.717) is 13.1 Å². The molecule has 1 aromatic carbocycles. The molecule has 3 heterocycles. The van der Waals surface area contributed by atoms with Gasteiger partial charge in [-0.1, -0.05) is 30.3 Å². The minimum absolute atomic E-state index is 0.191. The fraction of sp³-hybridized carbons (Fsp3) is 0.409. The number of carbonyl (C=O) groups is 3. The van der Waals surface area contributed by atoms with Crippen molar-refractivity contribution in [3.05, 3.63) is 57.8 Å². The minimum Gasteiger partial charge on any atom is -0.339 e. The van der Waals surface area contributed by atoms with Crippen LogP contribution < -0.4 is 5.32 Å². The zero-order valence-corrected chi connectivity index (χ0v) is 18.1. The Labute approximate surface area is 180 Å². The van der Waals surface area contributed by atoms with Gasteiger partial charge in [0.15, 0.2) is 0 Å². The van der Waals surface area contributed by atoms with E-state index < -0.39 is 11.6 Å². The number of carbonyl (C=O) groups excluding carboxylic acids is 3. The van der Waals surface area contributed by atoms with Crippen LogP contribution in [-0.4, -0.2) is 65.3 Å². The van der Waals surface area contributed by atoms with Gasteiger partial charge in [0.2, 0.25) is 5.91 Å². The predicted octanol–water partition coefficient (Wildman–Crippen LogP) is 2.17. The lowest BCUT2D eigenvalue weighted by Crippen LogP contribution is -2.51. The van der Waals surface area contributed by atoms with Crippen LogP contribution in [0.25, 0.3) is 0 Å². The number of hydrogen-bond acceptors (Lipinski definition) is 5. The van der Waals surface area contributed by atoms with Gasteiger partial charge in [-0.05, 0) is 36.4 Å². The molecule has 2 aliphatic heterocycles. The molecule has 0 bridgehead atoms. The lowest BCUT2D eigenvalue weighted by atomic mass is 9.88. The number of amides is 4. The van der Waals surface area contributed by atoms with Crippen molar-refractivity contribution in [3.8, 4) is 0 Å². The molecule has 1 atom stereocenters. The van der Waals surface area contributed by atoms with Crippen LogP contribution >= 0.6 is 11.3 Å². The Hall–Kier alpha value is -2.71. The Morgan fingerprint density at radius 3 is 2.50 bits per heavy atom. The van der Waals surface area contributed by atoms with E-state index in [1.807, 2.05) is 37.3 Å². The smallest absolute Gasteiger partial charge is 0.325 e. The third-order valence-corrected chi connectivity index (χ3v) is 6.80. The van der Waals surface area contributed by atoms with Crippen LogP contribution in [0.1, 0.15) is 22.9 Å². The fourth-order valence-electron chi connectivity index (χ4n) is 4.17. The zero-order chi connectivity index (χ0) is 21.3. The van der Waals surface area contributed by atoms with Gasteiger partial charge in [-0.25, -0.2) is 4.79 Å². The summed E-state index contributed by atoms with van der Waals surface area (Å²) in [6.45, 7) is 7.03. The standard InChI is InChI=1S/C22H26N4O3S/c1-16-6-3-4-8-18(16)22(2)20(28)26(21(29)23-22)15-19(27)25-11-9-24(10-12-25)14-17-7-5-13-30-17/h3-8,13H,9-12,14-15H2,1-2H3,(H,23,29). The molecule has 158 valence electrons. The van der Waals surface area contributed by atoms with Crippen molar-refractivity contribution in [3.63, 3.8) is 0 Å². The highest BCUT2D eigenvalue weighted by Gasteiger charge is 2.50. The number of hydrogen-bond donors (Lipinski definition) is 1. The molecule has 0 aliphatic carbocycles. The largest absolute Gasteiger partial charge is 0.339 e. The van der Waals surface area contributed by atoms with Crippen LogP contribution in [0.4, 0.5) is 4.79 Å². The Bertz CT molecular complexity index is 953. The van der Waals surface area contributed by atoms with E-state index in [0.717, 1.165) is 35.7 Å². The van der Waals surface area contributed by atoms with E-state index in [1.165, 1.54) is 4.88 Å². The molecule has 1 unspecified atom stereocenters. The maximum atomic E-state index is 13.1. The number of nitrogens with zero attached hydrogens (tertiary/aromatic N) is 3. The lowest BCUT2D eigenvalue weighted by Gasteiger charge is -2.35. The lowest BCUT2D eigenvalue weighted by molar-refractivity contribution is -0.140. The number of nitrogens with one attached hydrogen (secondary N) is 1. The molecular formula is C22H26N4O3S. The second-order valence-corrected chi connectivity index (χ2v) is 9.03. The first kappa shape index (κ1) is 20.6. The number of thiophene rings is 1. The van der Waals surface area contributed by atoms with Gasteiger partial charge in [-0.2, -0.15) is 0 Å². The molecule has 1 aromatic heterocycles. The van der Waals surface area contributed by atoms with E-state index in [4.69, 9.17) is 0 Å². The van der Waals surface area contributed by atoms with Crippen LogP contribution in [0, 0.1) is 6.92 Å². The van der Waals surface area contributed by atoms with Gasteiger partial charge in [-0.3, -0.25) is 19.4 Å². The second kappa shape index (κ2) is 8.20. The third kappa shape index (κ3) is 3.85.